The molecule has 2 aromatic rings. The molecule has 0 saturated heterocycles. The van der Waals surface area contributed by atoms with Gasteiger partial charge in [-0.05, 0) is 35.6 Å². The van der Waals surface area contributed by atoms with E-state index in [1.54, 1.807) is 22.2 Å². The second-order valence-electron chi connectivity index (χ2n) is 3.26. The van der Waals surface area contributed by atoms with E-state index in [2.05, 4.69) is 50.1 Å². The van der Waals surface area contributed by atoms with Crippen LogP contribution in [0.5, 0.6) is 0 Å². The van der Waals surface area contributed by atoms with E-state index in [1.165, 1.54) is 0 Å². The zero-order valence-electron chi connectivity index (χ0n) is 8.85. The molecule has 0 spiro atoms. The van der Waals surface area contributed by atoms with Crippen LogP contribution < -0.4 is 5.32 Å². The van der Waals surface area contributed by atoms with Gasteiger partial charge in [-0.25, -0.2) is 4.68 Å². The van der Waals surface area contributed by atoms with Gasteiger partial charge in [0.05, 0.1) is 9.77 Å². The van der Waals surface area contributed by atoms with Crippen molar-refractivity contribution in [2.75, 3.05) is 6.54 Å². The summed E-state index contributed by atoms with van der Waals surface area (Å²) in [7, 11) is 0. The molecule has 0 aliphatic carbocycles. The third-order valence-corrected chi connectivity index (χ3v) is 3.38. The fourth-order valence-corrected chi connectivity index (χ4v) is 2.32. The van der Waals surface area contributed by atoms with E-state index in [9.17, 15) is 0 Å². The molecular weight excluding hydrogens is 337 g/mol. The lowest BCUT2D eigenvalue weighted by atomic mass is 10.5. The van der Waals surface area contributed by atoms with Crippen molar-refractivity contribution in [2.24, 2.45) is 0 Å². The predicted octanol–water partition coefficient (Wildman–Crippen LogP) is 1.83. The minimum atomic E-state index is 0.782. The largest absolute Gasteiger partial charge is 0.310 e. The van der Waals surface area contributed by atoms with Crippen LogP contribution in [0.2, 0.25) is 0 Å². The molecule has 7 heteroatoms. The maximum atomic E-state index is 4.19. The summed E-state index contributed by atoms with van der Waals surface area (Å²) in [4.78, 5) is 0. The molecule has 0 unspecified atom stereocenters. The van der Waals surface area contributed by atoms with Crippen molar-refractivity contribution >= 4 is 33.9 Å². The summed E-state index contributed by atoms with van der Waals surface area (Å²) in [6.45, 7) is 3.93. The molecule has 0 radical (unpaired) electrons. The number of hydrogen-bond donors (Lipinski definition) is 1. The molecule has 0 atom stereocenters. The van der Waals surface area contributed by atoms with Crippen molar-refractivity contribution in [3.8, 4) is 5.13 Å². The summed E-state index contributed by atoms with van der Waals surface area (Å²) in [5.41, 5.74) is 0. The first kappa shape index (κ1) is 11.9. The van der Waals surface area contributed by atoms with Gasteiger partial charge in [0.25, 0.3) is 0 Å². The normalized spacial score (nSPS) is 10.9. The first-order valence-corrected chi connectivity index (χ1v) is 6.92. The number of rotatable bonds is 5. The maximum Gasteiger partial charge on any atom is 0.232 e. The molecule has 86 valence electrons. The maximum absolute atomic E-state index is 4.19. The van der Waals surface area contributed by atoms with Crippen molar-refractivity contribution in [3.05, 3.63) is 21.0 Å². The zero-order valence-corrected chi connectivity index (χ0v) is 11.8. The average molecular weight is 349 g/mol. The first-order valence-electron chi connectivity index (χ1n) is 5.03. The highest BCUT2D eigenvalue weighted by Crippen LogP contribution is 2.14. The van der Waals surface area contributed by atoms with Crippen LogP contribution in [0.1, 0.15) is 18.4 Å². The molecule has 16 heavy (non-hydrogen) atoms. The Morgan fingerprint density at radius 3 is 3.06 bits per heavy atom. The lowest BCUT2D eigenvalue weighted by Gasteiger charge is -1.96. The number of nitrogens with one attached hydrogen (secondary N) is 1. The van der Waals surface area contributed by atoms with E-state index in [-0.39, 0.29) is 0 Å². The Morgan fingerprint density at radius 2 is 2.38 bits per heavy atom. The monoisotopic (exact) mass is 349 g/mol. The van der Waals surface area contributed by atoms with E-state index in [0.717, 1.165) is 33.2 Å². The smallest absolute Gasteiger partial charge is 0.232 e. The van der Waals surface area contributed by atoms with Gasteiger partial charge in [0.2, 0.25) is 5.13 Å². The third kappa shape index (κ3) is 2.98. The first-order chi connectivity index (χ1) is 7.79. The van der Waals surface area contributed by atoms with Gasteiger partial charge < -0.3 is 5.32 Å². The lowest BCUT2D eigenvalue weighted by molar-refractivity contribution is 0.667. The highest BCUT2D eigenvalue weighted by atomic mass is 127. The van der Waals surface area contributed by atoms with E-state index in [1.807, 2.05) is 6.20 Å². The van der Waals surface area contributed by atoms with Gasteiger partial charge in [-0.1, -0.05) is 18.3 Å². The Balaban J connectivity index is 2.02. The summed E-state index contributed by atoms with van der Waals surface area (Å²) < 4.78 is 2.85. The van der Waals surface area contributed by atoms with Gasteiger partial charge in [-0.3, -0.25) is 0 Å². The van der Waals surface area contributed by atoms with E-state index in [4.69, 9.17) is 0 Å². The molecule has 0 aromatic carbocycles. The Kier molecular flexibility index (Phi) is 4.24. The van der Waals surface area contributed by atoms with Crippen molar-refractivity contribution in [2.45, 2.75) is 19.9 Å². The predicted molar refractivity (Wildman–Crippen MR) is 71.7 cm³/mol. The molecule has 0 amide bonds. The molecule has 2 aromatic heterocycles. The van der Waals surface area contributed by atoms with Gasteiger partial charge >= 0.3 is 0 Å². The van der Waals surface area contributed by atoms with Crippen molar-refractivity contribution in [3.63, 3.8) is 0 Å². The van der Waals surface area contributed by atoms with Gasteiger partial charge in [-0.2, -0.15) is 5.10 Å². The minimum Gasteiger partial charge on any atom is -0.310 e. The summed E-state index contributed by atoms with van der Waals surface area (Å²) in [5.74, 6) is 0. The van der Waals surface area contributed by atoms with E-state index in [0.29, 0.717) is 0 Å². The van der Waals surface area contributed by atoms with Crippen LogP contribution in [-0.2, 0) is 6.54 Å². The topological polar surface area (TPSA) is 55.6 Å². The Morgan fingerprint density at radius 1 is 1.50 bits per heavy atom. The van der Waals surface area contributed by atoms with Crippen molar-refractivity contribution in [1.29, 1.82) is 0 Å². The van der Waals surface area contributed by atoms with E-state index >= 15 is 0 Å². The Hall–Kier alpha value is -0.540. The zero-order chi connectivity index (χ0) is 11.4. The quantitative estimate of drug-likeness (QED) is 0.661. The fraction of sp³-hybridized carbons (Fsp3) is 0.444. The minimum absolute atomic E-state index is 0.782. The van der Waals surface area contributed by atoms with Crippen LogP contribution in [0.4, 0.5) is 0 Å². The van der Waals surface area contributed by atoms with Gasteiger partial charge in [0, 0.05) is 12.7 Å². The molecule has 0 saturated carbocycles. The Bertz CT molecular complexity index is 452. The van der Waals surface area contributed by atoms with Crippen molar-refractivity contribution < 1.29 is 0 Å². The highest BCUT2D eigenvalue weighted by Gasteiger charge is 2.06. The van der Waals surface area contributed by atoms with Crippen molar-refractivity contribution in [1.82, 2.24) is 25.3 Å². The molecule has 2 rings (SSSR count). The van der Waals surface area contributed by atoms with Gasteiger partial charge in [0.15, 0.2) is 0 Å². The molecule has 0 aliphatic heterocycles. The average Bonchev–Trinajstić information content (AvgIpc) is 2.87. The number of aromatic nitrogens is 4. The Labute approximate surface area is 111 Å². The summed E-state index contributed by atoms with van der Waals surface area (Å²) in [5, 5.41) is 17.5. The molecule has 5 nitrogen and oxygen atoms in total. The van der Waals surface area contributed by atoms with Crippen LogP contribution in [0.3, 0.4) is 0 Å². The number of nitrogens with zero attached hydrogens (tertiary/aromatic N) is 4. The summed E-state index contributed by atoms with van der Waals surface area (Å²) in [6.07, 6.45) is 4.87. The standard InChI is InChI=1S/C9H12IN5S/c1-2-3-11-5-8-13-14-9(16-8)15-6-7(10)4-12-15/h4,6,11H,2-3,5H2,1H3. The van der Waals surface area contributed by atoms with Crippen LogP contribution in [0.15, 0.2) is 12.4 Å². The summed E-state index contributed by atoms with van der Waals surface area (Å²) >= 11 is 3.78. The molecule has 2 heterocycles. The van der Waals surface area contributed by atoms with Gasteiger partial charge in [-0.15, -0.1) is 10.2 Å². The molecule has 0 fully saturated rings. The van der Waals surface area contributed by atoms with Crippen LogP contribution in [0, 0.1) is 3.57 Å². The van der Waals surface area contributed by atoms with Crippen LogP contribution in [-0.4, -0.2) is 26.5 Å². The molecular formula is C9H12IN5S. The lowest BCUT2D eigenvalue weighted by Crippen LogP contribution is -2.13. The van der Waals surface area contributed by atoms with Gasteiger partial charge in [0.1, 0.15) is 5.01 Å². The fourth-order valence-electron chi connectivity index (χ4n) is 1.19. The van der Waals surface area contributed by atoms with Crippen LogP contribution >= 0.6 is 33.9 Å². The van der Waals surface area contributed by atoms with Crippen LogP contribution in [0.25, 0.3) is 5.13 Å². The van der Waals surface area contributed by atoms with E-state index < -0.39 is 0 Å². The number of hydrogen-bond acceptors (Lipinski definition) is 5. The second-order valence-corrected chi connectivity index (χ2v) is 5.54. The summed E-state index contributed by atoms with van der Waals surface area (Å²) in [6, 6.07) is 0. The third-order valence-electron chi connectivity index (χ3n) is 1.91. The molecule has 1 N–H and O–H groups in total. The molecule has 0 bridgehead atoms. The SMILES string of the molecule is CCCNCc1nnc(-n2cc(I)cn2)s1. The number of halogens is 1. The molecule has 0 aliphatic rings. The highest BCUT2D eigenvalue weighted by molar-refractivity contribution is 14.1. The second kappa shape index (κ2) is 5.69.